The fourth-order valence-electron chi connectivity index (χ4n) is 6.52. The summed E-state index contributed by atoms with van der Waals surface area (Å²) in [4.78, 5) is 41.2. The summed E-state index contributed by atoms with van der Waals surface area (Å²) < 4.78 is 10.1. The first kappa shape index (κ1) is 30.8. The van der Waals surface area contributed by atoms with Crippen LogP contribution in [0.25, 0.3) is 33.6 Å². The van der Waals surface area contributed by atoms with Crippen molar-refractivity contribution in [3.63, 3.8) is 0 Å². The number of aryl methyl sites for hydroxylation is 2. The number of amides is 2. The van der Waals surface area contributed by atoms with Gasteiger partial charge in [-0.2, -0.15) is 0 Å². The van der Waals surface area contributed by atoms with Crippen molar-refractivity contribution in [1.29, 1.82) is 0 Å². The van der Waals surface area contributed by atoms with Crippen molar-refractivity contribution in [2.24, 2.45) is 18.7 Å². The normalized spacial score (nSPS) is 17.7. The number of nitrogens with one attached hydrogen (secondary N) is 1. The molecule has 0 bridgehead atoms. The number of nitrogens with zero attached hydrogens (tertiary/aromatic N) is 7. The highest BCUT2D eigenvalue weighted by atomic mass is 16.5. The van der Waals surface area contributed by atoms with E-state index in [0.717, 1.165) is 53.3 Å². The van der Waals surface area contributed by atoms with Crippen LogP contribution in [-0.2, 0) is 13.6 Å². The molecular weight excluding hydrogens is 594 g/mol. The van der Waals surface area contributed by atoms with Gasteiger partial charge in [0.05, 0.1) is 42.2 Å². The number of rotatable bonds is 8. The Balaban J connectivity index is 1.27. The van der Waals surface area contributed by atoms with Gasteiger partial charge in [0.2, 0.25) is 0 Å². The molecular formula is C35H41N9O3. The molecule has 1 aliphatic heterocycles. The van der Waals surface area contributed by atoms with E-state index < -0.39 is 0 Å². The minimum absolute atomic E-state index is 0.0608. The number of hydrogen-bond acceptors (Lipinski definition) is 8. The Bertz CT molecular complexity index is 2010. The lowest BCUT2D eigenvalue weighted by Gasteiger charge is -2.38. The number of imidazole rings is 1. The van der Waals surface area contributed by atoms with Gasteiger partial charge in [0.15, 0.2) is 5.82 Å². The Morgan fingerprint density at radius 2 is 1.91 bits per heavy atom. The number of carbonyl (C=O) groups excluding carboxylic acids is 2. The van der Waals surface area contributed by atoms with Gasteiger partial charge in [0, 0.05) is 56.1 Å². The second-order valence-corrected chi connectivity index (χ2v) is 12.9. The fraction of sp³-hybridized carbons (Fsp3) is 0.400. The van der Waals surface area contributed by atoms with Crippen LogP contribution in [0.3, 0.4) is 0 Å². The van der Waals surface area contributed by atoms with Crippen LogP contribution in [0.4, 0.5) is 0 Å². The van der Waals surface area contributed by atoms with Gasteiger partial charge in [0.1, 0.15) is 16.9 Å². The van der Waals surface area contributed by atoms with E-state index in [9.17, 15) is 9.59 Å². The van der Waals surface area contributed by atoms with Crippen LogP contribution in [0, 0.1) is 12.8 Å². The van der Waals surface area contributed by atoms with Crippen molar-refractivity contribution in [3.8, 4) is 17.3 Å². The van der Waals surface area contributed by atoms with Gasteiger partial charge in [-0.1, -0.05) is 0 Å². The van der Waals surface area contributed by atoms with Gasteiger partial charge >= 0.3 is 0 Å². The van der Waals surface area contributed by atoms with E-state index in [1.807, 2.05) is 49.7 Å². The molecule has 2 aliphatic rings. The third-order valence-corrected chi connectivity index (χ3v) is 9.45. The molecule has 0 spiro atoms. The number of hydrogen-bond donors (Lipinski definition) is 2. The molecule has 12 heteroatoms. The summed E-state index contributed by atoms with van der Waals surface area (Å²) in [6, 6.07) is 13.0. The lowest BCUT2D eigenvalue weighted by atomic mass is 10.1. The third kappa shape index (κ3) is 5.72. The molecule has 2 amide bonds. The molecule has 2 fully saturated rings. The number of hydrazine groups is 1. The smallest absolute Gasteiger partial charge is 0.268 e. The molecule has 1 aromatic carbocycles. The topological polar surface area (TPSA) is 136 Å². The summed E-state index contributed by atoms with van der Waals surface area (Å²) in [6.07, 6.45) is 4.87. The summed E-state index contributed by atoms with van der Waals surface area (Å²) >= 11 is 0. The lowest BCUT2D eigenvalue weighted by molar-refractivity contribution is -0.0168. The Hall–Kier alpha value is -4.81. The Morgan fingerprint density at radius 1 is 1.11 bits per heavy atom. The van der Waals surface area contributed by atoms with Crippen molar-refractivity contribution in [3.05, 3.63) is 71.2 Å². The van der Waals surface area contributed by atoms with E-state index in [2.05, 4.69) is 27.0 Å². The maximum absolute atomic E-state index is 13.7. The molecule has 5 aromatic rings. The summed E-state index contributed by atoms with van der Waals surface area (Å²) in [5.74, 6) is 1.60. The number of methoxy groups -OCH3 is 1. The second kappa shape index (κ2) is 12.1. The Kier molecular flexibility index (Phi) is 7.93. The van der Waals surface area contributed by atoms with E-state index in [-0.39, 0.29) is 23.9 Å². The molecule has 1 saturated heterocycles. The van der Waals surface area contributed by atoms with Crippen LogP contribution >= 0.6 is 0 Å². The first-order valence-electron chi connectivity index (χ1n) is 16.2. The molecule has 244 valence electrons. The van der Waals surface area contributed by atoms with Crippen molar-refractivity contribution in [2.45, 2.75) is 51.7 Å². The zero-order chi connectivity index (χ0) is 33.0. The first-order chi connectivity index (χ1) is 22.6. The fourth-order valence-corrected chi connectivity index (χ4v) is 6.52. The highest BCUT2D eigenvalue weighted by Gasteiger charge is 2.30. The van der Waals surface area contributed by atoms with Gasteiger partial charge in [-0.25, -0.2) is 15.0 Å². The summed E-state index contributed by atoms with van der Waals surface area (Å²) in [6.45, 7) is 5.77. The SMILES string of the molecule is COc1cc(C(=O)N2C[C@H](N)CCN2C)cc2nc(-c3cc4ccc([C@@H](C)NC(=O)c5cccnc5C)nc4n3CC3CC3)n(C)c12. The molecule has 7 rings (SSSR count). The van der Waals surface area contributed by atoms with Crippen LogP contribution in [0.1, 0.15) is 64.3 Å². The summed E-state index contributed by atoms with van der Waals surface area (Å²) in [5.41, 5.74) is 12.0. The van der Waals surface area contributed by atoms with Crippen LogP contribution in [0.15, 0.2) is 48.7 Å². The van der Waals surface area contributed by atoms with Crippen molar-refractivity contribution in [1.82, 2.24) is 39.4 Å². The predicted molar refractivity (Wildman–Crippen MR) is 180 cm³/mol. The molecule has 0 radical (unpaired) electrons. The maximum atomic E-state index is 13.7. The van der Waals surface area contributed by atoms with Crippen LogP contribution in [0.5, 0.6) is 5.75 Å². The maximum Gasteiger partial charge on any atom is 0.268 e. The molecule has 5 heterocycles. The standard InChI is InChI=1S/C35H41N9O3/c1-20-26(7-6-13-37-20)34(45)38-21(2)27-11-10-23-16-29(43(32(23)39-27)18-22-8-9-22)33-40-28-15-24(17-30(47-5)31(28)42(33)4)35(46)44-19-25(36)12-14-41(44)3/h6-7,10-11,13,15-17,21-22,25H,8-9,12,14,18-19,36H2,1-5H3,(H,38,45)/t21-,25-/m1/s1. The van der Waals surface area contributed by atoms with Crippen LogP contribution in [0.2, 0.25) is 0 Å². The third-order valence-electron chi connectivity index (χ3n) is 9.45. The van der Waals surface area contributed by atoms with Gasteiger partial charge in [-0.05, 0) is 81.5 Å². The van der Waals surface area contributed by atoms with E-state index in [4.69, 9.17) is 20.4 Å². The van der Waals surface area contributed by atoms with Gasteiger partial charge < -0.3 is 24.9 Å². The van der Waals surface area contributed by atoms with E-state index in [1.165, 1.54) is 12.8 Å². The minimum atomic E-state index is -0.316. The lowest BCUT2D eigenvalue weighted by Crippen LogP contribution is -2.55. The largest absolute Gasteiger partial charge is 0.494 e. The van der Waals surface area contributed by atoms with Gasteiger partial charge in [0.25, 0.3) is 11.8 Å². The molecule has 1 aliphatic carbocycles. The van der Waals surface area contributed by atoms with Crippen LogP contribution < -0.4 is 15.8 Å². The Labute approximate surface area is 273 Å². The summed E-state index contributed by atoms with van der Waals surface area (Å²) in [5, 5.41) is 7.71. The number of fused-ring (bicyclic) bond motifs is 2. The van der Waals surface area contributed by atoms with E-state index in [1.54, 1.807) is 36.5 Å². The highest BCUT2D eigenvalue weighted by Crippen LogP contribution is 2.38. The van der Waals surface area contributed by atoms with Crippen molar-refractivity contribution < 1.29 is 14.3 Å². The quantitative estimate of drug-likeness (QED) is 0.259. The molecule has 12 nitrogen and oxygen atoms in total. The van der Waals surface area contributed by atoms with Crippen molar-refractivity contribution in [2.75, 3.05) is 27.2 Å². The van der Waals surface area contributed by atoms with Gasteiger partial charge in [-0.3, -0.25) is 19.6 Å². The van der Waals surface area contributed by atoms with E-state index in [0.29, 0.717) is 40.5 Å². The zero-order valence-corrected chi connectivity index (χ0v) is 27.5. The molecule has 1 saturated carbocycles. The highest BCUT2D eigenvalue weighted by molar-refractivity contribution is 6.00. The molecule has 3 N–H and O–H groups in total. The van der Waals surface area contributed by atoms with E-state index >= 15 is 0 Å². The second-order valence-electron chi connectivity index (χ2n) is 12.9. The number of pyridine rings is 2. The average molecular weight is 636 g/mol. The molecule has 47 heavy (non-hydrogen) atoms. The number of nitrogens with two attached hydrogens (primary N) is 1. The molecule has 0 unspecified atom stereocenters. The minimum Gasteiger partial charge on any atom is -0.494 e. The number of carbonyl (C=O) groups is 2. The number of aromatic nitrogens is 5. The average Bonchev–Trinajstić information content (AvgIpc) is 3.74. The van der Waals surface area contributed by atoms with Gasteiger partial charge in [-0.15, -0.1) is 0 Å². The molecule has 2 atom stereocenters. The van der Waals surface area contributed by atoms with Crippen LogP contribution in [-0.4, -0.2) is 79.2 Å². The first-order valence-corrected chi connectivity index (χ1v) is 16.2. The predicted octanol–water partition coefficient (Wildman–Crippen LogP) is 4.22. The number of ether oxygens (including phenoxy) is 1. The number of benzene rings is 1. The zero-order valence-electron chi connectivity index (χ0n) is 27.5. The monoisotopic (exact) mass is 635 g/mol. The summed E-state index contributed by atoms with van der Waals surface area (Å²) in [7, 11) is 5.50. The van der Waals surface area contributed by atoms with Crippen molar-refractivity contribution >= 4 is 33.9 Å². The molecule has 4 aromatic heterocycles. The Morgan fingerprint density at radius 3 is 2.66 bits per heavy atom.